The quantitative estimate of drug-likeness (QED) is 0.559. The van der Waals surface area contributed by atoms with E-state index in [0.717, 1.165) is 33.6 Å². The van der Waals surface area contributed by atoms with Crippen LogP contribution in [0.2, 0.25) is 0 Å². The molecule has 2 heterocycles. The maximum Gasteiger partial charge on any atom is 0.246 e. The number of hydrogen-bond donors (Lipinski definition) is 0. The minimum Gasteiger partial charge on any atom is -0.494 e. The average molecular weight is 290 g/mol. The van der Waals surface area contributed by atoms with Crippen molar-refractivity contribution < 1.29 is 9.15 Å². The van der Waals surface area contributed by atoms with Crippen molar-refractivity contribution in [2.24, 2.45) is 0 Å². The lowest BCUT2D eigenvalue weighted by Gasteiger charge is -2.02. The summed E-state index contributed by atoms with van der Waals surface area (Å²) in [6, 6.07) is 17.5. The van der Waals surface area contributed by atoms with Gasteiger partial charge in [-0.25, -0.2) is 9.97 Å². The van der Waals surface area contributed by atoms with Crippen LogP contribution in [0.5, 0.6) is 5.75 Å². The first-order valence-corrected chi connectivity index (χ1v) is 7.23. The number of rotatable bonds is 3. The highest BCUT2D eigenvalue weighted by Gasteiger charge is 2.10. The van der Waals surface area contributed by atoms with E-state index < -0.39 is 0 Å². The molecule has 0 aliphatic heterocycles. The van der Waals surface area contributed by atoms with Crippen LogP contribution in [0.4, 0.5) is 0 Å². The zero-order chi connectivity index (χ0) is 14.9. The summed E-state index contributed by atoms with van der Waals surface area (Å²) in [5, 5.41) is 0. The van der Waals surface area contributed by atoms with Crippen LogP contribution in [0.3, 0.4) is 0 Å². The first kappa shape index (κ1) is 12.8. The summed E-state index contributed by atoms with van der Waals surface area (Å²) >= 11 is 0. The van der Waals surface area contributed by atoms with Gasteiger partial charge in [0.1, 0.15) is 17.0 Å². The predicted molar refractivity (Wildman–Crippen MR) is 85.9 cm³/mol. The SMILES string of the molecule is CCOc1ccc(-c2cc3nc4ccccc4nc3o2)cc1. The molecule has 0 spiro atoms. The van der Waals surface area contributed by atoms with Gasteiger partial charge in [-0.1, -0.05) is 12.1 Å². The number of aromatic nitrogens is 2. The number of nitrogens with zero attached hydrogens (tertiary/aromatic N) is 2. The molecular formula is C18H14N2O2. The van der Waals surface area contributed by atoms with Gasteiger partial charge in [-0.3, -0.25) is 0 Å². The second kappa shape index (κ2) is 5.15. The summed E-state index contributed by atoms with van der Waals surface area (Å²) in [6.07, 6.45) is 0. The van der Waals surface area contributed by atoms with Crippen LogP contribution in [0.1, 0.15) is 6.92 Å². The molecule has 108 valence electrons. The predicted octanol–water partition coefficient (Wildman–Crippen LogP) is 4.44. The standard InChI is InChI=1S/C18H14N2O2/c1-2-21-13-9-7-12(8-10-13)17-11-16-18(22-17)20-15-6-4-3-5-14(15)19-16/h3-11H,2H2,1H3. The first-order valence-electron chi connectivity index (χ1n) is 7.23. The fourth-order valence-corrected chi connectivity index (χ4v) is 2.45. The molecule has 0 bridgehead atoms. The van der Waals surface area contributed by atoms with Crippen LogP contribution in [0.15, 0.2) is 59.0 Å². The zero-order valence-electron chi connectivity index (χ0n) is 12.1. The van der Waals surface area contributed by atoms with Gasteiger partial charge >= 0.3 is 0 Å². The number of furan rings is 1. The fraction of sp³-hybridized carbons (Fsp3) is 0.111. The lowest BCUT2D eigenvalue weighted by atomic mass is 10.1. The minimum absolute atomic E-state index is 0.558. The van der Waals surface area contributed by atoms with E-state index >= 15 is 0 Å². The normalized spacial score (nSPS) is 11.1. The number of fused-ring (bicyclic) bond motifs is 2. The highest BCUT2D eigenvalue weighted by Crippen LogP contribution is 2.28. The van der Waals surface area contributed by atoms with Crippen LogP contribution in [0, 0.1) is 0 Å². The lowest BCUT2D eigenvalue weighted by molar-refractivity contribution is 0.340. The maximum atomic E-state index is 5.85. The third kappa shape index (κ3) is 2.19. The average Bonchev–Trinajstić information content (AvgIpc) is 2.96. The van der Waals surface area contributed by atoms with E-state index in [4.69, 9.17) is 9.15 Å². The highest BCUT2D eigenvalue weighted by molar-refractivity contribution is 5.85. The van der Waals surface area contributed by atoms with Crippen molar-refractivity contribution in [1.82, 2.24) is 9.97 Å². The molecule has 0 N–H and O–H groups in total. The molecule has 0 atom stereocenters. The van der Waals surface area contributed by atoms with Gasteiger partial charge in [0, 0.05) is 11.6 Å². The van der Waals surface area contributed by atoms with Crippen molar-refractivity contribution in [2.45, 2.75) is 6.92 Å². The van der Waals surface area contributed by atoms with Gasteiger partial charge in [0.05, 0.1) is 17.6 Å². The Morgan fingerprint density at radius 2 is 1.64 bits per heavy atom. The highest BCUT2D eigenvalue weighted by atomic mass is 16.5. The van der Waals surface area contributed by atoms with Gasteiger partial charge in [-0.05, 0) is 43.3 Å². The molecule has 4 nitrogen and oxygen atoms in total. The molecule has 0 amide bonds. The second-order valence-electron chi connectivity index (χ2n) is 4.97. The van der Waals surface area contributed by atoms with E-state index in [9.17, 15) is 0 Å². The number of para-hydroxylation sites is 2. The molecule has 0 saturated heterocycles. The molecular weight excluding hydrogens is 276 g/mol. The molecule has 2 aromatic heterocycles. The third-order valence-corrected chi connectivity index (χ3v) is 3.49. The molecule has 4 aromatic rings. The van der Waals surface area contributed by atoms with Crippen LogP contribution in [-0.2, 0) is 0 Å². The van der Waals surface area contributed by atoms with Gasteiger partial charge in [0.2, 0.25) is 5.71 Å². The van der Waals surface area contributed by atoms with E-state index in [-0.39, 0.29) is 0 Å². The van der Waals surface area contributed by atoms with Gasteiger partial charge in [-0.2, -0.15) is 0 Å². The van der Waals surface area contributed by atoms with E-state index in [1.165, 1.54) is 0 Å². The Morgan fingerprint density at radius 3 is 2.36 bits per heavy atom. The Morgan fingerprint density at radius 1 is 0.909 bits per heavy atom. The third-order valence-electron chi connectivity index (χ3n) is 3.49. The number of hydrogen-bond acceptors (Lipinski definition) is 4. The van der Waals surface area contributed by atoms with E-state index in [1.54, 1.807) is 0 Å². The largest absolute Gasteiger partial charge is 0.494 e. The van der Waals surface area contributed by atoms with Crippen LogP contribution < -0.4 is 4.74 Å². The summed E-state index contributed by atoms with van der Waals surface area (Å²) in [4.78, 5) is 9.11. The Balaban J connectivity index is 1.79. The van der Waals surface area contributed by atoms with Crippen molar-refractivity contribution in [3.05, 3.63) is 54.6 Å². The van der Waals surface area contributed by atoms with Crippen molar-refractivity contribution in [3.63, 3.8) is 0 Å². The van der Waals surface area contributed by atoms with Gasteiger partial charge in [0.15, 0.2) is 0 Å². The van der Waals surface area contributed by atoms with Gasteiger partial charge in [0.25, 0.3) is 0 Å². The van der Waals surface area contributed by atoms with Crippen molar-refractivity contribution >= 4 is 22.3 Å². The molecule has 0 fully saturated rings. The maximum absolute atomic E-state index is 5.85. The Labute approximate surface area is 127 Å². The number of ether oxygens (including phenoxy) is 1. The van der Waals surface area contributed by atoms with Crippen molar-refractivity contribution in [1.29, 1.82) is 0 Å². The summed E-state index contributed by atoms with van der Waals surface area (Å²) in [6.45, 7) is 2.62. The summed E-state index contributed by atoms with van der Waals surface area (Å²) in [5.74, 6) is 1.61. The van der Waals surface area contributed by atoms with Gasteiger partial charge < -0.3 is 9.15 Å². The fourth-order valence-electron chi connectivity index (χ4n) is 2.45. The van der Waals surface area contributed by atoms with Crippen LogP contribution in [-0.4, -0.2) is 16.6 Å². The molecule has 0 saturated carbocycles. The monoisotopic (exact) mass is 290 g/mol. The molecule has 0 radical (unpaired) electrons. The molecule has 2 aromatic carbocycles. The minimum atomic E-state index is 0.558. The van der Waals surface area contributed by atoms with Crippen LogP contribution in [0.25, 0.3) is 33.6 Å². The molecule has 0 unspecified atom stereocenters. The Hall–Kier alpha value is -2.88. The number of benzene rings is 2. The summed E-state index contributed by atoms with van der Waals surface area (Å²) in [7, 11) is 0. The molecule has 0 aliphatic rings. The van der Waals surface area contributed by atoms with Gasteiger partial charge in [-0.15, -0.1) is 0 Å². The topological polar surface area (TPSA) is 48.2 Å². The van der Waals surface area contributed by atoms with E-state index in [1.807, 2.05) is 61.5 Å². The smallest absolute Gasteiger partial charge is 0.246 e. The van der Waals surface area contributed by atoms with Crippen molar-refractivity contribution in [2.75, 3.05) is 6.61 Å². The Kier molecular flexibility index (Phi) is 3.00. The lowest BCUT2D eigenvalue weighted by Crippen LogP contribution is -1.90. The first-order chi connectivity index (χ1) is 10.8. The summed E-state index contributed by atoms with van der Waals surface area (Å²) in [5.41, 5.74) is 4.01. The van der Waals surface area contributed by atoms with E-state index in [0.29, 0.717) is 12.3 Å². The molecule has 0 aliphatic carbocycles. The van der Waals surface area contributed by atoms with E-state index in [2.05, 4.69) is 9.97 Å². The second-order valence-corrected chi connectivity index (χ2v) is 4.97. The molecule has 4 heteroatoms. The molecule has 4 rings (SSSR count). The zero-order valence-corrected chi connectivity index (χ0v) is 12.1. The van der Waals surface area contributed by atoms with Crippen LogP contribution >= 0.6 is 0 Å². The van der Waals surface area contributed by atoms with Crippen molar-refractivity contribution in [3.8, 4) is 17.1 Å². The Bertz CT molecular complexity index is 890. The summed E-state index contributed by atoms with van der Waals surface area (Å²) < 4.78 is 11.3. The molecule has 22 heavy (non-hydrogen) atoms.